The Morgan fingerprint density at radius 1 is 0.667 bits per heavy atom. The quantitative estimate of drug-likeness (QED) is 0.662. The highest BCUT2D eigenvalue weighted by Crippen LogP contribution is 2.32. The molecule has 2 aliphatic heterocycles. The number of anilines is 2. The maximum Gasteiger partial charge on any atom is 0.172 e. The van der Waals surface area contributed by atoms with Crippen molar-refractivity contribution in [1.82, 2.24) is 0 Å². The van der Waals surface area contributed by atoms with E-state index in [4.69, 9.17) is 9.98 Å². The van der Waals surface area contributed by atoms with E-state index in [9.17, 15) is 0 Å². The van der Waals surface area contributed by atoms with Crippen molar-refractivity contribution < 1.29 is 0 Å². The van der Waals surface area contributed by atoms with Crippen LogP contribution in [0, 0.1) is 25.7 Å². The first-order valence-corrected chi connectivity index (χ1v) is 11.2. The van der Waals surface area contributed by atoms with Gasteiger partial charge in [0.1, 0.15) is 0 Å². The molecule has 0 spiro atoms. The predicted molar refractivity (Wildman–Crippen MR) is 129 cm³/mol. The van der Waals surface area contributed by atoms with Gasteiger partial charge in [0.15, 0.2) is 11.7 Å². The Labute approximate surface area is 181 Å². The lowest BCUT2D eigenvalue weighted by Crippen LogP contribution is -2.43. The summed E-state index contributed by atoms with van der Waals surface area (Å²) in [7, 11) is 0. The third-order valence-corrected chi connectivity index (χ3v) is 6.38. The van der Waals surface area contributed by atoms with Crippen molar-refractivity contribution in [3.8, 4) is 0 Å². The Bertz CT molecular complexity index is 893. The van der Waals surface area contributed by atoms with Crippen LogP contribution in [0.3, 0.4) is 0 Å². The highest BCUT2D eigenvalue weighted by atomic mass is 15.4. The average Bonchev–Trinajstić information content (AvgIpc) is 3.33. The first-order chi connectivity index (χ1) is 14.4. The second-order valence-corrected chi connectivity index (χ2v) is 9.32. The summed E-state index contributed by atoms with van der Waals surface area (Å²) in [5, 5.41) is 0. The van der Waals surface area contributed by atoms with Gasteiger partial charge in [0.25, 0.3) is 0 Å². The molecule has 0 aliphatic carbocycles. The third kappa shape index (κ3) is 3.76. The molecule has 2 aliphatic rings. The van der Waals surface area contributed by atoms with E-state index in [2.05, 4.69) is 99.9 Å². The van der Waals surface area contributed by atoms with Crippen molar-refractivity contribution in [2.24, 2.45) is 21.8 Å². The Hall–Kier alpha value is -2.62. The van der Waals surface area contributed by atoms with Crippen LogP contribution in [0.2, 0.25) is 0 Å². The molecular weight excluding hydrogens is 368 g/mol. The summed E-state index contributed by atoms with van der Waals surface area (Å²) in [6, 6.07) is 17.8. The lowest BCUT2D eigenvalue weighted by molar-refractivity contribution is 0.521. The standard InChI is InChI=1S/C26H34N4/c1-17(2)21-15-29(23-13-9-7-11-19(23)5)25(27-21)26-28-22(18(3)4)16-30(26)24-14-10-8-12-20(24)6/h7-14,17-18,21-22H,15-16H2,1-6H3/t21-,22-/m1/s1. The predicted octanol–water partition coefficient (Wildman–Crippen LogP) is 5.49. The molecule has 0 aromatic heterocycles. The number of benzene rings is 2. The molecule has 2 heterocycles. The molecule has 0 N–H and O–H groups in total. The van der Waals surface area contributed by atoms with Gasteiger partial charge in [-0.2, -0.15) is 0 Å². The molecule has 0 saturated heterocycles. The molecule has 0 fully saturated rings. The minimum atomic E-state index is 0.277. The maximum atomic E-state index is 5.24. The Morgan fingerprint density at radius 3 is 1.37 bits per heavy atom. The van der Waals surface area contributed by atoms with E-state index in [0.29, 0.717) is 11.8 Å². The second-order valence-electron chi connectivity index (χ2n) is 9.32. The molecule has 0 amide bonds. The van der Waals surface area contributed by atoms with Crippen LogP contribution in [-0.2, 0) is 0 Å². The van der Waals surface area contributed by atoms with Crippen molar-refractivity contribution >= 4 is 23.0 Å². The monoisotopic (exact) mass is 402 g/mol. The molecular formula is C26H34N4. The van der Waals surface area contributed by atoms with Gasteiger partial charge in [-0.3, -0.25) is 9.98 Å². The van der Waals surface area contributed by atoms with Crippen LogP contribution in [0.4, 0.5) is 11.4 Å². The minimum absolute atomic E-state index is 0.277. The largest absolute Gasteiger partial charge is 0.321 e. The third-order valence-electron chi connectivity index (χ3n) is 6.38. The zero-order chi connectivity index (χ0) is 21.4. The van der Waals surface area contributed by atoms with Crippen molar-refractivity contribution in [1.29, 1.82) is 0 Å². The van der Waals surface area contributed by atoms with Gasteiger partial charge < -0.3 is 9.80 Å². The summed E-state index contributed by atoms with van der Waals surface area (Å²) in [6.07, 6.45) is 0. The average molecular weight is 403 g/mol. The number of aryl methyl sites for hydroxylation is 2. The van der Waals surface area contributed by atoms with E-state index < -0.39 is 0 Å². The highest BCUT2D eigenvalue weighted by Gasteiger charge is 2.38. The fourth-order valence-corrected chi connectivity index (χ4v) is 4.32. The Kier molecular flexibility index (Phi) is 5.68. The highest BCUT2D eigenvalue weighted by molar-refractivity contribution is 6.50. The van der Waals surface area contributed by atoms with E-state index in [-0.39, 0.29) is 12.1 Å². The van der Waals surface area contributed by atoms with Crippen LogP contribution in [0.15, 0.2) is 58.5 Å². The van der Waals surface area contributed by atoms with Gasteiger partial charge in [-0.15, -0.1) is 0 Å². The molecule has 4 nitrogen and oxygen atoms in total. The summed E-state index contributed by atoms with van der Waals surface area (Å²) in [4.78, 5) is 15.3. The lowest BCUT2D eigenvalue weighted by Gasteiger charge is -2.28. The molecule has 2 atom stereocenters. The van der Waals surface area contributed by atoms with Crippen molar-refractivity contribution in [3.63, 3.8) is 0 Å². The smallest absolute Gasteiger partial charge is 0.172 e. The van der Waals surface area contributed by atoms with Crippen LogP contribution < -0.4 is 9.80 Å². The van der Waals surface area contributed by atoms with E-state index in [1.165, 1.54) is 22.5 Å². The van der Waals surface area contributed by atoms with Gasteiger partial charge >= 0.3 is 0 Å². The van der Waals surface area contributed by atoms with Crippen molar-refractivity contribution in [2.75, 3.05) is 22.9 Å². The topological polar surface area (TPSA) is 31.2 Å². The fourth-order valence-electron chi connectivity index (χ4n) is 4.32. The lowest BCUT2D eigenvalue weighted by atomic mass is 10.1. The van der Waals surface area contributed by atoms with Gasteiger partial charge in [-0.05, 0) is 48.9 Å². The van der Waals surface area contributed by atoms with Crippen LogP contribution in [-0.4, -0.2) is 36.8 Å². The van der Waals surface area contributed by atoms with Gasteiger partial charge in [-0.25, -0.2) is 0 Å². The number of nitrogens with zero attached hydrogens (tertiary/aromatic N) is 4. The number of para-hydroxylation sites is 2. The first kappa shape index (κ1) is 20.6. The number of rotatable bonds is 5. The van der Waals surface area contributed by atoms with Crippen molar-refractivity contribution in [3.05, 3.63) is 59.7 Å². The van der Waals surface area contributed by atoms with Crippen molar-refractivity contribution in [2.45, 2.75) is 53.6 Å². The molecule has 2 aromatic carbocycles. The molecule has 158 valence electrons. The molecule has 0 saturated carbocycles. The molecule has 0 radical (unpaired) electrons. The molecule has 0 bridgehead atoms. The molecule has 4 rings (SSSR count). The van der Waals surface area contributed by atoms with Gasteiger partial charge in [0.2, 0.25) is 0 Å². The van der Waals surface area contributed by atoms with Crippen LogP contribution >= 0.6 is 0 Å². The molecule has 30 heavy (non-hydrogen) atoms. The number of hydrogen-bond acceptors (Lipinski definition) is 4. The molecule has 2 aromatic rings. The summed E-state index contributed by atoms with van der Waals surface area (Å²) in [6.45, 7) is 15.2. The van der Waals surface area contributed by atoms with E-state index in [0.717, 1.165) is 24.8 Å². The normalized spacial score (nSPS) is 21.6. The summed E-state index contributed by atoms with van der Waals surface area (Å²) >= 11 is 0. The maximum absolute atomic E-state index is 5.24. The van der Waals surface area contributed by atoms with E-state index >= 15 is 0 Å². The van der Waals surface area contributed by atoms with Gasteiger partial charge in [-0.1, -0.05) is 64.1 Å². The minimum Gasteiger partial charge on any atom is -0.321 e. The first-order valence-electron chi connectivity index (χ1n) is 11.2. The Morgan fingerprint density at radius 2 is 1.03 bits per heavy atom. The summed E-state index contributed by atoms with van der Waals surface area (Å²) in [5.74, 6) is 3.02. The Balaban J connectivity index is 1.81. The molecule has 0 unspecified atom stereocenters. The van der Waals surface area contributed by atoms with Gasteiger partial charge in [0, 0.05) is 24.5 Å². The zero-order valence-corrected chi connectivity index (χ0v) is 19.1. The van der Waals surface area contributed by atoms with E-state index in [1.54, 1.807) is 0 Å². The van der Waals surface area contributed by atoms with Crippen LogP contribution in [0.1, 0.15) is 38.8 Å². The summed E-state index contributed by atoms with van der Waals surface area (Å²) in [5.41, 5.74) is 5.02. The molecule has 4 heteroatoms. The fraction of sp³-hybridized carbons (Fsp3) is 0.462. The number of hydrogen-bond donors (Lipinski definition) is 0. The van der Waals surface area contributed by atoms with E-state index in [1.807, 2.05) is 0 Å². The zero-order valence-electron chi connectivity index (χ0n) is 19.1. The van der Waals surface area contributed by atoms with Crippen LogP contribution in [0.25, 0.3) is 0 Å². The SMILES string of the molecule is Cc1ccccc1N1C[C@H](C(C)C)N=C1C1=N[C@@H](C(C)C)CN1c1ccccc1C. The van der Waals surface area contributed by atoms with Crippen LogP contribution in [0.5, 0.6) is 0 Å². The summed E-state index contributed by atoms with van der Waals surface area (Å²) < 4.78 is 0. The number of amidine groups is 2. The number of aliphatic imine (C=N–C) groups is 2. The van der Waals surface area contributed by atoms with Gasteiger partial charge in [0.05, 0.1) is 12.1 Å². The second kappa shape index (κ2) is 8.25.